The molecular weight excluding hydrogens is 358 g/mol. The van der Waals surface area contributed by atoms with Crippen LogP contribution in [0.3, 0.4) is 0 Å². The number of anilines is 1. The summed E-state index contributed by atoms with van der Waals surface area (Å²) in [6.45, 7) is 3.25. The molecule has 1 aliphatic rings. The Labute approximate surface area is 165 Å². The van der Waals surface area contributed by atoms with Crippen LogP contribution in [0.15, 0.2) is 41.8 Å². The summed E-state index contributed by atoms with van der Waals surface area (Å²) < 4.78 is 5.84. The van der Waals surface area contributed by atoms with Gasteiger partial charge in [0, 0.05) is 29.0 Å². The normalized spacial score (nSPS) is 16.9. The maximum atomic E-state index is 12.4. The standard InChI is InChI=1S/C22H27NO3S/c1-2-3-4-7-21(24)17-8-10-18(11-9-17)23-19(12-13-22(23)25)15-26-16-20-6-5-14-27-20/h5-6,8-11,14,19H,2-4,7,12-13,15-16H2,1H3/t19-/m1/s1. The summed E-state index contributed by atoms with van der Waals surface area (Å²) >= 11 is 1.68. The lowest BCUT2D eigenvalue weighted by Gasteiger charge is -2.25. The van der Waals surface area contributed by atoms with E-state index in [0.29, 0.717) is 26.1 Å². The van der Waals surface area contributed by atoms with Crippen LogP contribution < -0.4 is 4.90 Å². The van der Waals surface area contributed by atoms with Crippen LogP contribution in [0.1, 0.15) is 60.7 Å². The van der Waals surface area contributed by atoms with E-state index in [0.717, 1.165) is 36.9 Å². The highest BCUT2D eigenvalue weighted by Gasteiger charge is 2.32. The monoisotopic (exact) mass is 385 g/mol. The molecule has 2 heterocycles. The molecule has 0 bridgehead atoms. The van der Waals surface area contributed by atoms with E-state index >= 15 is 0 Å². The van der Waals surface area contributed by atoms with Gasteiger partial charge in [-0.1, -0.05) is 25.8 Å². The zero-order chi connectivity index (χ0) is 19.1. The number of carbonyl (C=O) groups is 2. The second kappa shape index (κ2) is 9.81. The van der Waals surface area contributed by atoms with Gasteiger partial charge in [-0.05, 0) is 48.6 Å². The van der Waals surface area contributed by atoms with Crippen LogP contribution in [-0.2, 0) is 16.1 Å². The molecule has 0 radical (unpaired) electrons. The SMILES string of the molecule is CCCCCC(=O)c1ccc(N2C(=O)CC[C@@H]2COCc2cccs2)cc1. The topological polar surface area (TPSA) is 46.6 Å². The third-order valence-electron chi connectivity index (χ3n) is 4.93. The van der Waals surface area contributed by atoms with Crippen molar-refractivity contribution >= 4 is 28.7 Å². The zero-order valence-electron chi connectivity index (χ0n) is 15.9. The van der Waals surface area contributed by atoms with Crippen molar-refractivity contribution in [3.63, 3.8) is 0 Å². The Morgan fingerprint density at radius 2 is 2.04 bits per heavy atom. The van der Waals surface area contributed by atoms with Gasteiger partial charge < -0.3 is 9.64 Å². The van der Waals surface area contributed by atoms with E-state index in [1.807, 2.05) is 40.6 Å². The van der Waals surface area contributed by atoms with Crippen molar-refractivity contribution < 1.29 is 14.3 Å². The summed E-state index contributed by atoms with van der Waals surface area (Å²) in [7, 11) is 0. The van der Waals surface area contributed by atoms with Gasteiger partial charge in [0.05, 0.1) is 19.3 Å². The molecule has 5 heteroatoms. The summed E-state index contributed by atoms with van der Waals surface area (Å²) in [4.78, 5) is 27.6. The largest absolute Gasteiger partial charge is 0.374 e. The number of rotatable bonds is 10. The van der Waals surface area contributed by atoms with Gasteiger partial charge in [-0.3, -0.25) is 9.59 Å². The number of nitrogens with zero attached hydrogens (tertiary/aromatic N) is 1. The van der Waals surface area contributed by atoms with E-state index in [2.05, 4.69) is 13.0 Å². The van der Waals surface area contributed by atoms with Crippen LogP contribution in [-0.4, -0.2) is 24.3 Å². The lowest BCUT2D eigenvalue weighted by Crippen LogP contribution is -2.36. The molecule has 2 aromatic rings. The van der Waals surface area contributed by atoms with Crippen LogP contribution in [0.4, 0.5) is 5.69 Å². The minimum atomic E-state index is 0.0589. The summed E-state index contributed by atoms with van der Waals surface area (Å²) in [5.41, 5.74) is 1.58. The van der Waals surface area contributed by atoms with Gasteiger partial charge in [-0.25, -0.2) is 0 Å². The lowest BCUT2D eigenvalue weighted by molar-refractivity contribution is -0.117. The molecule has 1 saturated heterocycles. The van der Waals surface area contributed by atoms with Crippen LogP contribution >= 0.6 is 11.3 Å². The molecule has 27 heavy (non-hydrogen) atoms. The first-order valence-electron chi connectivity index (χ1n) is 9.74. The predicted molar refractivity (Wildman–Crippen MR) is 109 cm³/mol. The number of unbranched alkanes of at least 4 members (excludes halogenated alkanes) is 2. The fourth-order valence-corrected chi connectivity index (χ4v) is 4.07. The molecule has 0 unspecified atom stereocenters. The van der Waals surface area contributed by atoms with Crippen LogP contribution in [0, 0.1) is 0 Å². The number of thiophene rings is 1. The predicted octanol–water partition coefficient (Wildman–Crippen LogP) is 5.22. The van der Waals surface area contributed by atoms with Gasteiger partial charge in [-0.15, -0.1) is 11.3 Å². The molecule has 3 rings (SSSR count). The maximum absolute atomic E-state index is 12.4. The van der Waals surface area contributed by atoms with Gasteiger partial charge in [0.2, 0.25) is 5.91 Å². The molecule has 4 nitrogen and oxygen atoms in total. The van der Waals surface area contributed by atoms with Gasteiger partial charge in [-0.2, -0.15) is 0 Å². The average molecular weight is 386 g/mol. The Balaban J connectivity index is 1.58. The Morgan fingerprint density at radius 3 is 2.74 bits per heavy atom. The highest BCUT2D eigenvalue weighted by molar-refractivity contribution is 7.09. The van der Waals surface area contributed by atoms with Crippen LogP contribution in [0.25, 0.3) is 0 Å². The number of benzene rings is 1. The van der Waals surface area contributed by atoms with Crippen molar-refractivity contribution in [3.05, 3.63) is 52.2 Å². The van der Waals surface area contributed by atoms with Crippen molar-refractivity contribution in [1.29, 1.82) is 0 Å². The Bertz CT molecular complexity index is 739. The number of hydrogen-bond donors (Lipinski definition) is 0. The first-order valence-corrected chi connectivity index (χ1v) is 10.6. The van der Waals surface area contributed by atoms with Crippen molar-refractivity contribution in [2.75, 3.05) is 11.5 Å². The molecule has 0 aliphatic carbocycles. The average Bonchev–Trinajstić information content (AvgIpc) is 3.32. The third-order valence-corrected chi connectivity index (χ3v) is 5.78. The minimum absolute atomic E-state index is 0.0589. The number of Topliss-reactive ketones (excluding diaryl/α,β-unsaturated/α-hetero) is 1. The maximum Gasteiger partial charge on any atom is 0.227 e. The van der Waals surface area contributed by atoms with Crippen molar-refractivity contribution in [1.82, 2.24) is 0 Å². The fraction of sp³-hybridized carbons (Fsp3) is 0.455. The summed E-state index contributed by atoms with van der Waals surface area (Å²) in [5, 5.41) is 2.04. The molecule has 1 aromatic carbocycles. The van der Waals surface area contributed by atoms with E-state index < -0.39 is 0 Å². The number of carbonyl (C=O) groups excluding carboxylic acids is 2. The van der Waals surface area contributed by atoms with Crippen LogP contribution in [0.5, 0.6) is 0 Å². The lowest BCUT2D eigenvalue weighted by atomic mass is 10.0. The van der Waals surface area contributed by atoms with E-state index in [1.54, 1.807) is 11.3 Å². The van der Waals surface area contributed by atoms with E-state index in [4.69, 9.17) is 4.74 Å². The molecule has 144 valence electrons. The summed E-state index contributed by atoms with van der Waals surface area (Å²) in [6, 6.07) is 11.6. The molecule has 0 N–H and O–H groups in total. The molecule has 1 aromatic heterocycles. The van der Waals surface area contributed by atoms with E-state index in [-0.39, 0.29) is 17.7 Å². The second-order valence-corrected chi connectivity index (χ2v) is 8.01. The molecule has 1 atom stereocenters. The van der Waals surface area contributed by atoms with Gasteiger partial charge in [0.1, 0.15) is 0 Å². The molecular formula is C22H27NO3S. The molecule has 1 amide bonds. The van der Waals surface area contributed by atoms with Gasteiger partial charge >= 0.3 is 0 Å². The molecule has 0 saturated carbocycles. The smallest absolute Gasteiger partial charge is 0.227 e. The van der Waals surface area contributed by atoms with E-state index in [9.17, 15) is 9.59 Å². The Morgan fingerprint density at radius 1 is 1.22 bits per heavy atom. The highest BCUT2D eigenvalue weighted by Crippen LogP contribution is 2.28. The van der Waals surface area contributed by atoms with Gasteiger partial charge in [0.15, 0.2) is 5.78 Å². The minimum Gasteiger partial charge on any atom is -0.374 e. The first kappa shape index (κ1) is 19.8. The van der Waals surface area contributed by atoms with Crippen molar-refractivity contribution in [2.24, 2.45) is 0 Å². The fourth-order valence-electron chi connectivity index (χ4n) is 3.43. The third kappa shape index (κ3) is 5.27. The second-order valence-electron chi connectivity index (χ2n) is 6.98. The van der Waals surface area contributed by atoms with Crippen LogP contribution in [0.2, 0.25) is 0 Å². The first-order chi connectivity index (χ1) is 13.2. The summed E-state index contributed by atoms with van der Waals surface area (Å²) in [6.07, 6.45) is 5.07. The molecule has 0 spiro atoms. The van der Waals surface area contributed by atoms with E-state index in [1.165, 1.54) is 4.88 Å². The summed E-state index contributed by atoms with van der Waals surface area (Å²) in [5.74, 6) is 0.306. The highest BCUT2D eigenvalue weighted by atomic mass is 32.1. The molecule has 1 fully saturated rings. The number of amides is 1. The number of ketones is 1. The Hall–Kier alpha value is -1.98. The zero-order valence-corrected chi connectivity index (χ0v) is 16.7. The quantitative estimate of drug-likeness (QED) is 0.416. The van der Waals surface area contributed by atoms with Crippen molar-refractivity contribution in [3.8, 4) is 0 Å². The van der Waals surface area contributed by atoms with Crippen molar-refractivity contribution in [2.45, 2.75) is 58.1 Å². The Kier molecular flexibility index (Phi) is 7.18. The number of hydrogen-bond acceptors (Lipinski definition) is 4. The molecule has 1 aliphatic heterocycles. The number of ether oxygens (including phenoxy) is 1. The van der Waals surface area contributed by atoms with Gasteiger partial charge in [0.25, 0.3) is 0 Å².